The van der Waals surface area contributed by atoms with Gasteiger partial charge in [0.25, 0.3) is 15.9 Å². The molecule has 3 aromatic rings. The van der Waals surface area contributed by atoms with Crippen LogP contribution in [0, 0.1) is 0 Å². The zero-order valence-electron chi connectivity index (χ0n) is 18.1. The number of carbonyl (C=O) groups excluding carboxylic acids is 1. The summed E-state index contributed by atoms with van der Waals surface area (Å²) in [6.07, 6.45) is -2.02. The fourth-order valence-electron chi connectivity index (χ4n) is 3.98. The lowest BCUT2D eigenvalue weighted by Crippen LogP contribution is -2.40. The van der Waals surface area contributed by atoms with Gasteiger partial charge >= 0.3 is 6.18 Å². The number of aryl methyl sites for hydroxylation is 1. The Bertz CT molecular complexity index is 1360. The highest BCUT2D eigenvalue weighted by molar-refractivity contribution is 7.89. The Morgan fingerprint density at radius 3 is 2.40 bits per heavy atom. The molecule has 2 unspecified atom stereocenters. The van der Waals surface area contributed by atoms with Crippen molar-refractivity contribution in [3.8, 4) is 0 Å². The first-order chi connectivity index (χ1) is 16.4. The number of hydrogen-bond acceptors (Lipinski definition) is 4. The number of halogens is 5. The van der Waals surface area contributed by atoms with Crippen LogP contribution in [0.25, 0.3) is 0 Å². The number of nitrogens with one attached hydrogen (secondary N) is 1. The van der Waals surface area contributed by atoms with Crippen molar-refractivity contribution in [3.05, 3.63) is 81.7 Å². The average molecular weight is 547 g/mol. The molecule has 186 valence electrons. The summed E-state index contributed by atoms with van der Waals surface area (Å²) in [6.45, 7) is -0.101. The van der Waals surface area contributed by atoms with Gasteiger partial charge < -0.3 is 9.88 Å². The van der Waals surface area contributed by atoms with Gasteiger partial charge in [-0.3, -0.25) is 4.79 Å². The van der Waals surface area contributed by atoms with Crippen molar-refractivity contribution in [1.29, 1.82) is 0 Å². The van der Waals surface area contributed by atoms with Gasteiger partial charge in [0.1, 0.15) is 0 Å². The number of aromatic nitrogens is 2. The van der Waals surface area contributed by atoms with Crippen molar-refractivity contribution in [2.24, 2.45) is 7.05 Å². The summed E-state index contributed by atoms with van der Waals surface area (Å²) in [7, 11) is -2.35. The zero-order chi connectivity index (χ0) is 25.5. The van der Waals surface area contributed by atoms with Gasteiger partial charge in [0.05, 0.1) is 28.5 Å². The topological polar surface area (TPSA) is 84.3 Å². The Morgan fingerprint density at radius 2 is 1.80 bits per heavy atom. The lowest BCUT2D eigenvalue weighted by Gasteiger charge is -2.21. The summed E-state index contributed by atoms with van der Waals surface area (Å²) in [5.41, 5.74) is -0.789. The molecule has 7 nitrogen and oxygen atoms in total. The first-order valence-electron chi connectivity index (χ1n) is 10.3. The second-order valence-electron chi connectivity index (χ2n) is 8.10. The maximum absolute atomic E-state index is 13.3. The van der Waals surface area contributed by atoms with Gasteiger partial charge in [0.2, 0.25) is 0 Å². The minimum Gasteiger partial charge on any atom is -0.347 e. The molecule has 1 amide bonds. The number of imidazole rings is 1. The van der Waals surface area contributed by atoms with Crippen molar-refractivity contribution >= 4 is 39.1 Å². The van der Waals surface area contributed by atoms with E-state index in [-0.39, 0.29) is 23.7 Å². The third kappa shape index (κ3) is 5.18. The fraction of sp³-hybridized carbons (Fsp3) is 0.273. The Balaban J connectivity index is 1.66. The van der Waals surface area contributed by atoms with Crippen LogP contribution in [-0.2, 0) is 23.2 Å². The largest absolute Gasteiger partial charge is 0.417 e. The number of rotatable bonds is 5. The van der Waals surface area contributed by atoms with Crippen LogP contribution in [0.15, 0.2) is 60.0 Å². The molecular weight excluding hydrogens is 528 g/mol. The molecule has 1 saturated heterocycles. The number of hydrogen-bond donors (Lipinski definition) is 1. The number of alkyl halides is 3. The molecule has 0 bridgehead atoms. The molecule has 0 aliphatic carbocycles. The highest BCUT2D eigenvalue weighted by atomic mass is 35.5. The van der Waals surface area contributed by atoms with Crippen molar-refractivity contribution in [1.82, 2.24) is 19.2 Å². The van der Waals surface area contributed by atoms with E-state index in [1.54, 1.807) is 31.3 Å². The molecule has 0 radical (unpaired) electrons. The summed E-state index contributed by atoms with van der Waals surface area (Å²) >= 11 is 11.9. The SMILES string of the molecule is Cn1cnc(S(=O)(=O)N2CC(NC(=O)c3cccc(C(F)(F)F)c3Cl)C(c3ccc(Cl)cc3)C2)c1. The van der Waals surface area contributed by atoms with Crippen molar-refractivity contribution in [2.75, 3.05) is 13.1 Å². The van der Waals surface area contributed by atoms with E-state index in [0.29, 0.717) is 10.6 Å². The molecule has 1 N–H and O–H groups in total. The van der Waals surface area contributed by atoms with Gasteiger partial charge in [-0.2, -0.15) is 17.5 Å². The lowest BCUT2D eigenvalue weighted by atomic mass is 9.94. The minimum atomic E-state index is -4.74. The number of nitrogens with zero attached hydrogens (tertiary/aromatic N) is 3. The smallest absolute Gasteiger partial charge is 0.347 e. The number of carbonyl (C=O) groups is 1. The van der Waals surface area contributed by atoms with Gasteiger partial charge in [0, 0.05) is 37.3 Å². The van der Waals surface area contributed by atoms with Gasteiger partial charge in [0.15, 0.2) is 5.03 Å². The van der Waals surface area contributed by atoms with E-state index in [4.69, 9.17) is 23.2 Å². The molecule has 1 aliphatic heterocycles. The van der Waals surface area contributed by atoms with Crippen molar-refractivity contribution in [2.45, 2.75) is 23.2 Å². The van der Waals surface area contributed by atoms with Gasteiger partial charge in [-0.1, -0.05) is 41.4 Å². The molecule has 4 rings (SSSR count). The maximum Gasteiger partial charge on any atom is 0.417 e. The van der Waals surface area contributed by atoms with E-state index in [1.807, 2.05) is 0 Å². The van der Waals surface area contributed by atoms with Gasteiger partial charge in [-0.05, 0) is 29.8 Å². The van der Waals surface area contributed by atoms with Crippen LogP contribution in [0.2, 0.25) is 10.0 Å². The average Bonchev–Trinajstić information content (AvgIpc) is 3.41. The van der Waals surface area contributed by atoms with E-state index in [9.17, 15) is 26.4 Å². The van der Waals surface area contributed by atoms with E-state index >= 15 is 0 Å². The van der Waals surface area contributed by atoms with Crippen LogP contribution in [0.1, 0.15) is 27.4 Å². The second kappa shape index (κ2) is 9.45. The highest BCUT2D eigenvalue weighted by Gasteiger charge is 2.42. The molecular formula is C22H19Cl2F3N4O3S. The summed E-state index contributed by atoms with van der Waals surface area (Å²) in [6, 6.07) is 8.99. The number of sulfonamides is 1. The normalized spacial score (nSPS) is 19.1. The third-order valence-electron chi connectivity index (χ3n) is 5.74. The molecule has 35 heavy (non-hydrogen) atoms. The molecule has 2 heterocycles. The van der Waals surface area contributed by atoms with Crippen LogP contribution >= 0.6 is 23.2 Å². The van der Waals surface area contributed by atoms with E-state index in [1.165, 1.54) is 27.5 Å². The molecule has 13 heteroatoms. The summed E-state index contributed by atoms with van der Waals surface area (Å²) in [5, 5.41) is 2.28. The Kier molecular flexibility index (Phi) is 6.89. The summed E-state index contributed by atoms with van der Waals surface area (Å²) < 4.78 is 68.8. The monoisotopic (exact) mass is 546 g/mol. The third-order valence-corrected chi connectivity index (χ3v) is 8.11. The summed E-state index contributed by atoms with van der Waals surface area (Å²) in [5.74, 6) is -1.35. The Hall–Kier alpha value is -2.60. The predicted molar refractivity (Wildman–Crippen MR) is 124 cm³/mol. The molecule has 1 fully saturated rings. The number of benzene rings is 2. The number of amides is 1. The van der Waals surface area contributed by atoms with Crippen LogP contribution < -0.4 is 5.32 Å². The quantitative estimate of drug-likeness (QED) is 0.516. The second-order valence-corrected chi connectivity index (χ2v) is 10.8. The van der Waals surface area contributed by atoms with Gasteiger partial charge in [-0.25, -0.2) is 13.4 Å². The van der Waals surface area contributed by atoms with Crippen molar-refractivity contribution < 1.29 is 26.4 Å². The van der Waals surface area contributed by atoms with Crippen LogP contribution in [0.3, 0.4) is 0 Å². The predicted octanol–water partition coefficient (Wildman–Crippen LogP) is 4.33. The molecule has 2 aromatic carbocycles. The first-order valence-corrected chi connectivity index (χ1v) is 12.5. The van der Waals surface area contributed by atoms with E-state index in [2.05, 4.69) is 10.3 Å². The maximum atomic E-state index is 13.3. The fourth-order valence-corrected chi connectivity index (χ4v) is 5.89. The molecule has 2 atom stereocenters. The molecule has 0 spiro atoms. The van der Waals surface area contributed by atoms with Crippen LogP contribution in [0.4, 0.5) is 13.2 Å². The van der Waals surface area contributed by atoms with Crippen LogP contribution in [0.5, 0.6) is 0 Å². The minimum absolute atomic E-state index is 0.0157. The molecule has 1 aliphatic rings. The Labute approximate surface area is 209 Å². The standard InChI is InChI=1S/C22H19Cl2F3N4O3S/c1-30-11-19(28-12-30)35(33,34)31-9-16(13-5-7-14(23)8-6-13)18(10-31)29-21(32)15-3-2-4-17(20(15)24)22(25,26)27/h2-8,11-12,16,18H,9-10H2,1H3,(H,29,32). The molecule has 0 saturated carbocycles. The summed E-state index contributed by atoms with van der Waals surface area (Å²) in [4.78, 5) is 16.9. The van der Waals surface area contributed by atoms with E-state index < -0.39 is 44.7 Å². The Morgan fingerprint density at radius 1 is 1.11 bits per heavy atom. The zero-order valence-corrected chi connectivity index (χ0v) is 20.5. The van der Waals surface area contributed by atoms with E-state index in [0.717, 1.165) is 12.1 Å². The van der Waals surface area contributed by atoms with Crippen LogP contribution in [-0.4, -0.2) is 47.3 Å². The molecule has 1 aromatic heterocycles. The van der Waals surface area contributed by atoms with Crippen molar-refractivity contribution in [3.63, 3.8) is 0 Å². The highest BCUT2D eigenvalue weighted by Crippen LogP contribution is 2.37. The lowest BCUT2D eigenvalue weighted by molar-refractivity contribution is -0.137. The van der Waals surface area contributed by atoms with Gasteiger partial charge in [-0.15, -0.1) is 0 Å². The first kappa shape index (κ1) is 25.5.